The van der Waals surface area contributed by atoms with Gasteiger partial charge in [0.2, 0.25) is 0 Å². The molecule has 2 saturated heterocycles. The first-order chi connectivity index (χ1) is 12.9. The number of likely N-dealkylation sites (tertiary alicyclic amines) is 1. The van der Waals surface area contributed by atoms with Crippen molar-refractivity contribution in [1.82, 2.24) is 30.2 Å². The second kappa shape index (κ2) is 9.27. The van der Waals surface area contributed by atoms with Gasteiger partial charge in [-0.2, -0.15) is 13.2 Å². The number of carbonyl (C=O) groups is 1. The molecule has 2 atom stereocenters. The summed E-state index contributed by atoms with van der Waals surface area (Å²) in [5.74, 6) is 1.18. The van der Waals surface area contributed by atoms with Gasteiger partial charge >= 0.3 is 6.18 Å². The third kappa shape index (κ3) is 4.99. The molecular weight excluding hydrogens is 432 g/mol. The Kier molecular flexibility index (Phi) is 7.47. The molecule has 0 radical (unpaired) electrons. The van der Waals surface area contributed by atoms with E-state index >= 15 is 0 Å². The third-order valence-electron chi connectivity index (χ3n) is 5.33. The SMILES string of the molecule is Cl.Cl.O=C(c1cn(-c2ccc(C(F)(F)F)cn2)nn1)N1CC[C@@H]2CNC[C@@H]2CC1. The second-order valence-electron chi connectivity index (χ2n) is 7.00. The summed E-state index contributed by atoms with van der Waals surface area (Å²) < 4.78 is 39.1. The number of pyridine rings is 1. The summed E-state index contributed by atoms with van der Waals surface area (Å²) in [7, 11) is 0. The minimum atomic E-state index is -4.45. The van der Waals surface area contributed by atoms with Crippen LogP contribution in [0.1, 0.15) is 28.9 Å². The molecule has 0 aliphatic carbocycles. The second-order valence-corrected chi connectivity index (χ2v) is 7.00. The van der Waals surface area contributed by atoms with Crippen molar-refractivity contribution in [3.05, 3.63) is 35.8 Å². The lowest BCUT2D eigenvalue weighted by atomic mass is 9.92. The Bertz CT molecular complexity index is 815. The molecule has 7 nitrogen and oxygen atoms in total. The number of amides is 1. The van der Waals surface area contributed by atoms with Gasteiger partial charge in [-0.05, 0) is 49.9 Å². The highest BCUT2D eigenvalue weighted by Gasteiger charge is 2.33. The molecule has 0 unspecified atom stereocenters. The molecule has 0 bridgehead atoms. The molecule has 1 amide bonds. The molecule has 1 N–H and O–H groups in total. The predicted molar refractivity (Wildman–Crippen MR) is 104 cm³/mol. The Morgan fingerprint density at radius 1 is 1.10 bits per heavy atom. The Labute approximate surface area is 177 Å². The lowest BCUT2D eigenvalue weighted by molar-refractivity contribution is -0.137. The average molecular weight is 453 g/mol. The molecule has 12 heteroatoms. The van der Waals surface area contributed by atoms with E-state index in [-0.39, 0.29) is 42.2 Å². The van der Waals surface area contributed by atoms with Crippen LogP contribution in [0.2, 0.25) is 0 Å². The fourth-order valence-corrected chi connectivity index (χ4v) is 3.75. The summed E-state index contributed by atoms with van der Waals surface area (Å²) in [5.41, 5.74) is -0.672. The lowest BCUT2D eigenvalue weighted by Gasteiger charge is -2.19. The zero-order valence-corrected chi connectivity index (χ0v) is 16.9. The number of aromatic nitrogens is 4. The number of alkyl halides is 3. The van der Waals surface area contributed by atoms with Gasteiger partial charge in [-0.3, -0.25) is 4.79 Å². The maximum Gasteiger partial charge on any atom is 0.417 e. The third-order valence-corrected chi connectivity index (χ3v) is 5.33. The maximum absolute atomic E-state index is 12.7. The van der Waals surface area contributed by atoms with Gasteiger partial charge < -0.3 is 10.2 Å². The average Bonchev–Trinajstić information content (AvgIpc) is 3.27. The van der Waals surface area contributed by atoms with Crippen LogP contribution in [0.3, 0.4) is 0 Å². The molecule has 2 aromatic rings. The number of hydrogen-bond donors (Lipinski definition) is 1. The Balaban J connectivity index is 0.00000150. The summed E-state index contributed by atoms with van der Waals surface area (Å²) in [4.78, 5) is 18.3. The molecule has 0 saturated carbocycles. The van der Waals surface area contributed by atoms with Gasteiger partial charge in [-0.15, -0.1) is 29.9 Å². The van der Waals surface area contributed by atoms with Crippen LogP contribution >= 0.6 is 24.8 Å². The van der Waals surface area contributed by atoms with Crippen LogP contribution in [0.15, 0.2) is 24.5 Å². The molecule has 2 aromatic heterocycles. The van der Waals surface area contributed by atoms with E-state index in [1.165, 1.54) is 16.9 Å². The largest absolute Gasteiger partial charge is 0.417 e. The number of halogens is 5. The van der Waals surface area contributed by atoms with E-state index in [1.807, 2.05) is 0 Å². The van der Waals surface area contributed by atoms with Crippen molar-refractivity contribution >= 4 is 30.7 Å². The van der Waals surface area contributed by atoms with Gasteiger partial charge in [0, 0.05) is 19.3 Å². The highest BCUT2D eigenvalue weighted by molar-refractivity contribution is 5.92. The van der Waals surface area contributed by atoms with Crippen molar-refractivity contribution in [2.75, 3.05) is 26.2 Å². The van der Waals surface area contributed by atoms with Crippen LogP contribution in [0.4, 0.5) is 13.2 Å². The molecule has 2 aliphatic rings. The first kappa shape index (κ1) is 23.4. The standard InChI is InChI=1S/C17H19F3N6O.2ClH/c18-17(19,20)13-1-2-15(22-9-13)26-10-14(23-24-26)16(27)25-5-3-11-7-21-8-12(11)4-6-25;;/h1-2,9-12,21H,3-8H2;2*1H/t11-,12+;;. The number of nitrogens with one attached hydrogen (secondary N) is 1. The van der Waals surface area contributed by atoms with Gasteiger partial charge in [0.05, 0.1) is 11.8 Å². The normalized spacial score (nSPS) is 21.6. The maximum atomic E-state index is 12.7. The minimum Gasteiger partial charge on any atom is -0.337 e. The summed E-state index contributed by atoms with van der Waals surface area (Å²) in [5, 5.41) is 11.1. The topological polar surface area (TPSA) is 75.9 Å². The van der Waals surface area contributed by atoms with E-state index in [0.717, 1.165) is 38.2 Å². The van der Waals surface area contributed by atoms with E-state index in [4.69, 9.17) is 0 Å². The summed E-state index contributed by atoms with van der Waals surface area (Å²) in [6, 6.07) is 2.12. The molecule has 2 aliphatic heterocycles. The smallest absolute Gasteiger partial charge is 0.337 e. The summed E-state index contributed by atoms with van der Waals surface area (Å²) in [6.45, 7) is 3.35. The predicted octanol–water partition coefficient (Wildman–Crippen LogP) is 2.60. The van der Waals surface area contributed by atoms with Crippen LogP contribution in [-0.2, 0) is 6.18 Å². The van der Waals surface area contributed by atoms with E-state index in [1.54, 1.807) is 4.90 Å². The summed E-state index contributed by atoms with van der Waals surface area (Å²) >= 11 is 0. The number of fused-ring (bicyclic) bond motifs is 1. The fourth-order valence-electron chi connectivity index (χ4n) is 3.75. The molecule has 4 heterocycles. The number of hydrogen-bond acceptors (Lipinski definition) is 5. The van der Waals surface area contributed by atoms with Crippen molar-refractivity contribution in [1.29, 1.82) is 0 Å². The van der Waals surface area contributed by atoms with Gasteiger partial charge in [0.1, 0.15) is 0 Å². The van der Waals surface area contributed by atoms with E-state index in [2.05, 4.69) is 20.6 Å². The molecular formula is C17H21Cl2F3N6O. The van der Waals surface area contributed by atoms with E-state index < -0.39 is 11.7 Å². The van der Waals surface area contributed by atoms with Gasteiger partial charge in [-0.25, -0.2) is 9.67 Å². The zero-order chi connectivity index (χ0) is 19.0. The van der Waals surface area contributed by atoms with Gasteiger partial charge in [-0.1, -0.05) is 5.21 Å². The van der Waals surface area contributed by atoms with E-state index in [9.17, 15) is 18.0 Å². The van der Waals surface area contributed by atoms with Crippen LogP contribution in [0.5, 0.6) is 0 Å². The molecule has 160 valence electrons. The van der Waals surface area contributed by atoms with Crippen molar-refractivity contribution in [3.63, 3.8) is 0 Å². The summed E-state index contributed by atoms with van der Waals surface area (Å²) in [6.07, 6.45) is -0.392. The molecule has 29 heavy (non-hydrogen) atoms. The first-order valence-electron chi connectivity index (χ1n) is 8.88. The number of rotatable bonds is 2. The van der Waals surface area contributed by atoms with Gasteiger partial charge in [0.15, 0.2) is 11.5 Å². The highest BCUT2D eigenvalue weighted by Crippen LogP contribution is 2.29. The first-order valence-corrected chi connectivity index (χ1v) is 8.88. The monoisotopic (exact) mass is 452 g/mol. The highest BCUT2D eigenvalue weighted by atomic mass is 35.5. The molecule has 0 aromatic carbocycles. The molecule has 4 rings (SSSR count). The van der Waals surface area contributed by atoms with Gasteiger partial charge in [0.25, 0.3) is 5.91 Å². The van der Waals surface area contributed by atoms with Crippen LogP contribution < -0.4 is 5.32 Å². The Morgan fingerprint density at radius 3 is 2.31 bits per heavy atom. The number of nitrogens with zero attached hydrogens (tertiary/aromatic N) is 5. The fraction of sp³-hybridized carbons (Fsp3) is 0.529. The molecule has 2 fully saturated rings. The van der Waals surface area contributed by atoms with Crippen molar-refractivity contribution in [3.8, 4) is 5.82 Å². The number of carbonyl (C=O) groups excluding carboxylic acids is 1. The van der Waals surface area contributed by atoms with Crippen LogP contribution in [0, 0.1) is 11.8 Å². The minimum absolute atomic E-state index is 0. The van der Waals surface area contributed by atoms with E-state index in [0.29, 0.717) is 24.9 Å². The van der Waals surface area contributed by atoms with Crippen molar-refractivity contribution in [2.24, 2.45) is 11.8 Å². The van der Waals surface area contributed by atoms with Crippen molar-refractivity contribution in [2.45, 2.75) is 19.0 Å². The van der Waals surface area contributed by atoms with Crippen molar-refractivity contribution < 1.29 is 18.0 Å². The van der Waals surface area contributed by atoms with Crippen LogP contribution in [0.25, 0.3) is 5.82 Å². The quantitative estimate of drug-likeness (QED) is 0.757. The van der Waals surface area contributed by atoms with Crippen LogP contribution in [-0.4, -0.2) is 57.0 Å². The Hall–Kier alpha value is -1.91. The lowest BCUT2D eigenvalue weighted by Crippen LogP contribution is -2.33. The molecule has 0 spiro atoms. The zero-order valence-electron chi connectivity index (χ0n) is 15.3. The Morgan fingerprint density at radius 2 is 1.76 bits per heavy atom.